The van der Waals surface area contributed by atoms with Gasteiger partial charge in [0, 0.05) is 9.77 Å². The van der Waals surface area contributed by atoms with Gasteiger partial charge in [-0.1, -0.05) is 11.6 Å². The van der Waals surface area contributed by atoms with Gasteiger partial charge in [-0.2, -0.15) is 0 Å². The zero-order valence-electron chi connectivity index (χ0n) is 12.4. The third-order valence-electron chi connectivity index (χ3n) is 2.92. The van der Waals surface area contributed by atoms with E-state index < -0.39 is 18.6 Å². The third-order valence-corrected chi connectivity index (χ3v) is 3.90. The molecular weight excluding hydrogens is 449 g/mol. The minimum atomic E-state index is -1.06. The number of benzene rings is 1. The molecular formula is C15H15ClIN3O4. The van der Waals surface area contributed by atoms with E-state index in [0.29, 0.717) is 16.4 Å². The van der Waals surface area contributed by atoms with Crippen LogP contribution in [-0.4, -0.2) is 40.4 Å². The van der Waals surface area contributed by atoms with Gasteiger partial charge in [-0.05, 0) is 46.9 Å². The molecule has 1 aromatic carbocycles. The molecule has 0 spiro atoms. The van der Waals surface area contributed by atoms with E-state index in [1.807, 2.05) is 6.07 Å². The summed E-state index contributed by atoms with van der Waals surface area (Å²) in [6.07, 6.45) is 1.90. The van der Waals surface area contributed by atoms with Crippen molar-refractivity contribution in [1.29, 1.82) is 0 Å². The summed E-state index contributed by atoms with van der Waals surface area (Å²) < 4.78 is 0.989. The van der Waals surface area contributed by atoms with Crippen LogP contribution in [0.15, 0.2) is 36.7 Å². The van der Waals surface area contributed by atoms with Gasteiger partial charge in [-0.3, -0.25) is 14.6 Å². The van der Waals surface area contributed by atoms with Gasteiger partial charge in [0.15, 0.2) is 0 Å². The quantitative estimate of drug-likeness (QED) is 0.370. The Kier molecular flexibility index (Phi) is 7.18. The van der Waals surface area contributed by atoms with Crippen LogP contribution in [0.2, 0.25) is 5.02 Å². The summed E-state index contributed by atoms with van der Waals surface area (Å²) in [5.41, 5.74) is 3.58. The molecule has 9 heteroatoms. The molecule has 7 nitrogen and oxygen atoms in total. The molecule has 0 bridgehead atoms. The van der Waals surface area contributed by atoms with Gasteiger partial charge < -0.3 is 15.5 Å². The highest BCUT2D eigenvalue weighted by Crippen LogP contribution is 2.28. The number of aliphatic hydroxyl groups excluding tert-OH is 2. The molecule has 1 atom stereocenters. The fraction of sp³-hybridized carbons (Fsp3) is 0.200. The van der Waals surface area contributed by atoms with Crippen molar-refractivity contribution < 1.29 is 19.8 Å². The fourth-order valence-electron chi connectivity index (χ4n) is 1.74. The van der Waals surface area contributed by atoms with Gasteiger partial charge in [0.2, 0.25) is 0 Å². The van der Waals surface area contributed by atoms with Crippen LogP contribution < -0.4 is 10.8 Å². The molecule has 128 valence electrons. The smallest absolute Gasteiger partial charge is 0.277 e. The molecule has 0 aliphatic heterocycles. The number of aromatic nitrogens is 1. The van der Waals surface area contributed by atoms with E-state index in [9.17, 15) is 9.90 Å². The summed E-state index contributed by atoms with van der Waals surface area (Å²) in [7, 11) is 0. The summed E-state index contributed by atoms with van der Waals surface area (Å²) in [6, 6.07) is 6.99. The number of hydrogen-bond donors (Lipinski definition) is 4. The number of carbonyl (C=O) groups is 1. The molecule has 4 N–H and O–H groups in total. The molecule has 2 aromatic rings. The van der Waals surface area contributed by atoms with Crippen LogP contribution in [0, 0.1) is 3.57 Å². The summed E-state index contributed by atoms with van der Waals surface area (Å²) >= 11 is 8.33. The Labute approximate surface area is 157 Å². The lowest BCUT2D eigenvalue weighted by atomic mass is 10.2. The summed E-state index contributed by atoms with van der Waals surface area (Å²) in [5.74, 6) is -0.522. The van der Waals surface area contributed by atoms with Crippen LogP contribution in [0.1, 0.15) is 10.4 Å². The van der Waals surface area contributed by atoms with Gasteiger partial charge in [0.05, 0.1) is 34.8 Å². The number of halogens is 2. The lowest BCUT2D eigenvalue weighted by Gasteiger charge is -2.13. The molecule has 1 aromatic heterocycles. The second-order valence-corrected chi connectivity index (χ2v) is 6.40. The molecule has 0 saturated carbocycles. The third kappa shape index (κ3) is 5.28. The number of nitrogens with one attached hydrogen (secondary N) is 2. The van der Waals surface area contributed by atoms with Gasteiger partial charge in [-0.25, -0.2) is 5.48 Å². The monoisotopic (exact) mass is 463 g/mol. The number of hydroxylamine groups is 1. The van der Waals surface area contributed by atoms with Gasteiger partial charge >= 0.3 is 0 Å². The Morgan fingerprint density at radius 2 is 2.17 bits per heavy atom. The van der Waals surface area contributed by atoms with Crippen LogP contribution >= 0.6 is 34.2 Å². The van der Waals surface area contributed by atoms with E-state index >= 15 is 0 Å². The average molecular weight is 464 g/mol. The van der Waals surface area contributed by atoms with Crippen LogP contribution in [-0.2, 0) is 4.84 Å². The predicted molar refractivity (Wildman–Crippen MR) is 98.2 cm³/mol. The lowest BCUT2D eigenvalue weighted by molar-refractivity contribution is -0.0295. The van der Waals surface area contributed by atoms with Crippen LogP contribution in [0.5, 0.6) is 0 Å². The Morgan fingerprint density at radius 1 is 1.38 bits per heavy atom. The molecule has 24 heavy (non-hydrogen) atoms. The van der Waals surface area contributed by atoms with E-state index in [1.165, 1.54) is 18.5 Å². The summed E-state index contributed by atoms with van der Waals surface area (Å²) in [4.78, 5) is 21.0. The molecule has 1 amide bonds. The Morgan fingerprint density at radius 3 is 2.88 bits per heavy atom. The van der Waals surface area contributed by atoms with Crippen molar-refractivity contribution in [2.24, 2.45) is 0 Å². The molecule has 2 rings (SSSR count). The largest absolute Gasteiger partial charge is 0.394 e. The maximum absolute atomic E-state index is 12.2. The first-order chi connectivity index (χ1) is 11.5. The van der Waals surface area contributed by atoms with Crippen LogP contribution in [0.3, 0.4) is 0 Å². The molecule has 0 aliphatic carbocycles. The van der Waals surface area contributed by atoms with E-state index in [-0.39, 0.29) is 12.2 Å². The van der Waals surface area contributed by atoms with Crippen molar-refractivity contribution in [2.75, 3.05) is 18.5 Å². The standard InChI is InChI=1S/C15H15ClIN3O4/c16-12-5-9(17)1-2-13(12)19-14-6-18-4-3-11(14)15(23)20-24-8-10(22)7-21/h1-6,10,19,21-22H,7-8H2,(H,20,23)/t10-/m1/s1. The van der Waals surface area contributed by atoms with Gasteiger partial charge in [0.1, 0.15) is 12.7 Å². The highest BCUT2D eigenvalue weighted by atomic mass is 127. The maximum Gasteiger partial charge on any atom is 0.277 e. The molecule has 1 heterocycles. The minimum Gasteiger partial charge on any atom is -0.394 e. The van der Waals surface area contributed by atoms with E-state index in [4.69, 9.17) is 21.5 Å². The van der Waals surface area contributed by atoms with Crippen molar-refractivity contribution >= 4 is 51.5 Å². The number of pyridine rings is 1. The highest BCUT2D eigenvalue weighted by molar-refractivity contribution is 14.1. The summed E-state index contributed by atoms with van der Waals surface area (Å²) in [5, 5.41) is 21.4. The van der Waals surface area contributed by atoms with Crippen LogP contribution in [0.25, 0.3) is 0 Å². The second kappa shape index (κ2) is 9.14. The first kappa shape index (κ1) is 18.9. The average Bonchev–Trinajstić information content (AvgIpc) is 2.57. The van der Waals surface area contributed by atoms with Crippen molar-refractivity contribution in [2.45, 2.75) is 6.10 Å². The second-order valence-electron chi connectivity index (χ2n) is 4.75. The maximum atomic E-state index is 12.2. The molecule has 0 aliphatic rings. The van der Waals surface area contributed by atoms with Crippen molar-refractivity contribution in [1.82, 2.24) is 10.5 Å². The highest BCUT2D eigenvalue weighted by Gasteiger charge is 2.13. The molecule has 0 unspecified atom stereocenters. The number of nitrogens with zero attached hydrogens (tertiary/aromatic N) is 1. The lowest BCUT2D eigenvalue weighted by Crippen LogP contribution is -2.30. The van der Waals surface area contributed by atoms with Gasteiger partial charge in [0.25, 0.3) is 5.91 Å². The van der Waals surface area contributed by atoms with E-state index in [1.54, 1.807) is 12.1 Å². The normalized spacial score (nSPS) is 11.8. The van der Waals surface area contributed by atoms with Crippen molar-refractivity contribution in [3.05, 3.63) is 50.8 Å². The molecule has 0 saturated heterocycles. The summed E-state index contributed by atoms with van der Waals surface area (Å²) in [6.45, 7) is -0.678. The number of carbonyl (C=O) groups excluding carboxylic acids is 1. The van der Waals surface area contributed by atoms with Crippen molar-refractivity contribution in [3.8, 4) is 0 Å². The van der Waals surface area contributed by atoms with E-state index in [2.05, 4.69) is 38.4 Å². The van der Waals surface area contributed by atoms with E-state index in [0.717, 1.165) is 3.57 Å². The molecule has 0 radical (unpaired) electrons. The first-order valence-electron chi connectivity index (χ1n) is 6.88. The van der Waals surface area contributed by atoms with Crippen molar-refractivity contribution in [3.63, 3.8) is 0 Å². The number of rotatable bonds is 7. The number of anilines is 2. The predicted octanol–water partition coefficient (Wildman–Crippen LogP) is 2.10. The Hall–Kier alpha value is -1.46. The minimum absolute atomic E-state index is 0.223. The zero-order valence-corrected chi connectivity index (χ0v) is 15.3. The fourth-order valence-corrected chi connectivity index (χ4v) is 2.64. The Balaban J connectivity index is 2.10. The zero-order chi connectivity index (χ0) is 17.5. The van der Waals surface area contributed by atoms with Crippen LogP contribution in [0.4, 0.5) is 11.4 Å². The first-order valence-corrected chi connectivity index (χ1v) is 8.34. The SMILES string of the molecule is O=C(NOC[C@H](O)CO)c1ccncc1Nc1ccc(I)cc1Cl. The Bertz CT molecular complexity index is 717. The number of amides is 1. The molecule has 0 fully saturated rings. The number of hydrogen-bond acceptors (Lipinski definition) is 6. The number of aliphatic hydroxyl groups is 2. The van der Waals surface area contributed by atoms with Gasteiger partial charge in [-0.15, -0.1) is 0 Å². The topological polar surface area (TPSA) is 104 Å².